The average molecular weight is 475 g/mol. The minimum absolute atomic E-state index is 0.0932. The van der Waals surface area contributed by atoms with Crippen LogP contribution >= 0.6 is 0 Å². The predicted octanol–water partition coefficient (Wildman–Crippen LogP) is 2.30. The Balaban J connectivity index is 1.95. The van der Waals surface area contributed by atoms with E-state index in [1.807, 2.05) is 0 Å². The standard InChI is InChI=1S/C22H20F3N5O4/c1-26-16-5-6-29(10-17(16)28-34-2)21-15(25)8-12-19(31)13(22(32)33)9-30(20(12)27-21)18-4-3-11(23)7-14(18)24/h3-4,7-9,16,26H,5-6,10H2,1-2H3,(H,32,33)/b28-17+. The van der Waals surface area contributed by atoms with Crippen LogP contribution in [0.4, 0.5) is 19.0 Å². The molecule has 1 aliphatic rings. The van der Waals surface area contributed by atoms with E-state index in [2.05, 4.69) is 15.5 Å². The van der Waals surface area contributed by atoms with Crippen molar-refractivity contribution in [3.63, 3.8) is 0 Å². The molecule has 178 valence electrons. The highest BCUT2D eigenvalue weighted by Crippen LogP contribution is 2.26. The third kappa shape index (κ3) is 4.07. The molecule has 34 heavy (non-hydrogen) atoms. The summed E-state index contributed by atoms with van der Waals surface area (Å²) in [5.41, 5.74) is -1.53. The van der Waals surface area contributed by atoms with Crippen LogP contribution in [0.15, 0.2) is 40.4 Å². The van der Waals surface area contributed by atoms with Crippen LogP contribution in [0.25, 0.3) is 16.7 Å². The van der Waals surface area contributed by atoms with Gasteiger partial charge in [-0.3, -0.25) is 9.36 Å². The fraction of sp³-hybridized carbons (Fsp3) is 0.273. The molecule has 0 radical (unpaired) electrons. The zero-order valence-corrected chi connectivity index (χ0v) is 18.2. The van der Waals surface area contributed by atoms with Gasteiger partial charge < -0.3 is 20.2 Å². The number of carboxylic acid groups (broad SMARTS) is 1. The lowest BCUT2D eigenvalue weighted by Crippen LogP contribution is -2.49. The number of halogens is 3. The van der Waals surface area contributed by atoms with Gasteiger partial charge in [0.05, 0.1) is 29.4 Å². The number of nitrogens with one attached hydrogen (secondary N) is 1. The lowest BCUT2D eigenvalue weighted by molar-refractivity contribution is 0.0695. The Bertz CT molecular complexity index is 1370. The highest BCUT2D eigenvalue weighted by molar-refractivity contribution is 5.95. The van der Waals surface area contributed by atoms with E-state index in [1.165, 1.54) is 7.11 Å². The molecule has 0 spiro atoms. The number of carboxylic acids is 1. The van der Waals surface area contributed by atoms with Gasteiger partial charge in [-0.2, -0.15) is 0 Å². The highest BCUT2D eigenvalue weighted by Gasteiger charge is 2.29. The second-order valence-electron chi connectivity index (χ2n) is 7.62. The third-order valence-corrected chi connectivity index (χ3v) is 5.61. The summed E-state index contributed by atoms with van der Waals surface area (Å²) in [6, 6.07) is 3.45. The first-order valence-corrected chi connectivity index (χ1v) is 10.2. The minimum Gasteiger partial charge on any atom is -0.477 e. The van der Waals surface area contributed by atoms with Crippen LogP contribution in [0.3, 0.4) is 0 Å². The van der Waals surface area contributed by atoms with Gasteiger partial charge in [-0.15, -0.1) is 0 Å². The lowest BCUT2D eigenvalue weighted by atomic mass is 10.0. The fourth-order valence-electron chi connectivity index (χ4n) is 3.99. The minimum atomic E-state index is -1.58. The van der Waals surface area contributed by atoms with E-state index in [1.54, 1.807) is 11.9 Å². The van der Waals surface area contributed by atoms with Crippen molar-refractivity contribution in [2.45, 2.75) is 12.5 Å². The fourth-order valence-corrected chi connectivity index (χ4v) is 3.99. The van der Waals surface area contributed by atoms with Crippen LogP contribution in [0.5, 0.6) is 0 Å². The number of nitrogens with zero attached hydrogens (tertiary/aromatic N) is 4. The molecule has 12 heteroatoms. The molecule has 3 heterocycles. The molecule has 0 bridgehead atoms. The SMILES string of the molecule is CNC1CCN(c2nc3c(cc2F)c(=O)c(C(=O)O)cn3-c2ccc(F)cc2F)C/C1=N\OC. The number of benzene rings is 1. The van der Waals surface area contributed by atoms with Crippen molar-refractivity contribution < 1.29 is 27.9 Å². The van der Waals surface area contributed by atoms with Crippen LogP contribution in [0.2, 0.25) is 0 Å². The molecule has 1 aliphatic heterocycles. The summed E-state index contributed by atoms with van der Waals surface area (Å²) in [5.74, 6) is -4.44. The molecule has 1 unspecified atom stereocenters. The van der Waals surface area contributed by atoms with Crippen molar-refractivity contribution in [2.75, 3.05) is 32.1 Å². The maximum atomic E-state index is 15.2. The van der Waals surface area contributed by atoms with E-state index in [4.69, 9.17) is 4.84 Å². The first-order chi connectivity index (χ1) is 16.2. The number of hydrogen-bond donors (Lipinski definition) is 2. The van der Waals surface area contributed by atoms with Crippen molar-refractivity contribution >= 4 is 28.5 Å². The first-order valence-electron chi connectivity index (χ1n) is 10.2. The quantitative estimate of drug-likeness (QED) is 0.545. The van der Waals surface area contributed by atoms with E-state index < -0.39 is 34.4 Å². The Hall–Kier alpha value is -3.93. The second kappa shape index (κ2) is 9.14. The number of fused-ring (bicyclic) bond motifs is 1. The molecule has 1 saturated heterocycles. The third-order valence-electron chi connectivity index (χ3n) is 5.61. The van der Waals surface area contributed by atoms with Gasteiger partial charge in [0.2, 0.25) is 5.43 Å². The highest BCUT2D eigenvalue weighted by atomic mass is 19.1. The molecule has 4 rings (SSSR count). The molecular weight excluding hydrogens is 455 g/mol. The molecule has 0 saturated carbocycles. The number of aromatic nitrogens is 2. The molecule has 0 amide bonds. The van der Waals surface area contributed by atoms with Crippen molar-refractivity contribution in [3.8, 4) is 5.69 Å². The van der Waals surface area contributed by atoms with Gasteiger partial charge in [0.1, 0.15) is 24.3 Å². The van der Waals surface area contributed by atoms with E-state index in [0.29, 0.717) is 24.7 Å². The molecule has 3 aromatic rings. The van der Waals surface area contributed by atoms with E-state index >= 15 is 4.39 Å². The van der Waals surface area contributed by atoms with E-state index in [9.17, 15) is 23.5 Å². The summed E-state index contributed by atoms with van der Waals surface area (Å²) in [5, 5.41) is 16.2. The van der Waals surface area contributed by atoms with E-state index in [-0.39, 0.29) is 35.1 Å². The van der Waals surface area contributed by atoms with Gasteiger partial charge in [0, 0.05) is 18.8 Å². The van der Waals surface area contributed by atoms with Gasteiger partial charge in [0.15, 0.2) is 17.3 Å². The number of rotatable bonds is 5. The first kappa shape index (κ1) is 23.2. The number of piperidine rings is 1. The van der Waals surface area contributed by atoms with Crippen LogP contribution in [0.1, 0.15) is 16.8 Å². The topological polar surface area (TPSA) is 109 Å². The number of hydrogen-bond acceptors (Lipinski definition) is 7. The molecule has 2 aromatic heterocycles. The number of carbonyl (C=O) groups is 1. The van der Waals surface area contributed by atoms with Gasteiger partial charge in [-0.1, -0.05) is 5.16 Å². The number of anilines is 1. The summed E-state index contributed by atoms with van der Waals surface area (Å²) in [4.78, 5) is 35.1. The normalized spacial score (nSPS) is 17.4. The maximum absolute atomic E-state index is 15.2. The number of pyridine rings is 2. The van der Waals surface area contributed by atoms with Crippen LogP contribution in [-0.2, 0) is 4.84 Å². The molecule has 1 fully saturated rings. The summed E-state index contributed by atoms with van der Waals surface area (Å²) in [7, 11) is 3.15. The Kier molecular flexibility index (Phi) is 6.24. The molecular formula is C22H20F3N5O4. The summed E-state index contributed by atoms with van der Waals surface area (Å²) in [6.45, 7) is 0.545. The average Bonchev–Trinajstić information content (AvgIpc) is 2.80. The van der Waals surface area contributed by atoms with Gasteiger partial charge in [-0.25, -0.2) is 22.9 Å². The zero-order valence-electron chi connectivity index (χ0n) is 18.2. The second-order valence-corrected chi connectivity index (χ2v) is 7.62. The van der Waals surface area contributed by atoms with Gasteiger partial charge in [-0.05, 0) is 31.7 Å². The van der Waals surface area contributed by atoms with Crippen molar-refractivity contribution in [1.82, 2.24) is 14.9 Å². The molecule has 1 atom stereocenters. The van der Waals surface area contributed by atoms with Crippen LogP contribution in [-0.4, -0.2) is 59.6 Å². The lowest BCUT2D eigenvalue weighted by Gasteiger charge is -2.33. The van der Waals surface area contributed by atoms with Crippen molar-refractivity contribution in [1.29, 1.82) is 0 Å². The van der Waals surface area contributed by atoms with Crippen LogP contribution < -0.4 is 15.6 Å². The van der Waals surface area contributed by atoms with Crippen molar-refractivity contribution in [3.05, 3.63) is 63.7 Å². The number of aromatic carboxylic acids is 1. The Morgan fingerprint density at radius 3 is 2.68 bits per heavy atom. The summed E-state index contributed by atoms with van der Waals surface area (Å²) < 4.78 is 44.3. The number of oxime groups is 1. The molecule has 2 N–H and O–H groups in total. The summed E-state index contributed by atoms with van der Waals surface area (Å²) in [6.07, 6.45) is 1.44. The van der Waals surface area contributed by atoms with E-state index in [0.717, 1.165) is 29.0 Å². The molecule has 0 aliphatic carbocycles. The summed E-state index contributed by atoms with van der Waals surface area (Å²) >= 11 is 0. The maximum Gasteiger partial charge on any atom is 0.341 e. The Morgan fingerprint density at radius 1 is 1.26 bits per heavy atom. The Morgan fingerprint density at radius 2 is 2.03 bits per heavy atom. The molecule has 1 aromatic carbocycles. The van der Waals surface area contributed by atoms with Gasteiger partial charge >= 0.3 is 5.97 Å². The predicted molar refractivity (Wildman–Crippen MR) is 118 cm³/mol. The Labute approximate surface area is 191 Å². The molecule has 9 nitrogen and oxygen atoms in total. The van der Waals surface area contributed by atoms with Crippen molar-refractivity contribution in [2.24, 2.45) is 5.16 Å². The van der Waals surface area contributed by atoms with Gasteiger partial charge in [0.25, 0.3) is 0 Å². The monoisotopic (exact) mass is 475 g/mol. The zero-order chi connectivity index (χ0) is 24.6. The smallest absolute Gasteiger partial charge is 0.341 e. The van der Waals surface area contributed by atoms with Crippen LogP contribution in [0, 0.1) is 17.5 Å². The largest absolute Gasteiger partial charge is 0.477 e.